The SMILES string of the molecule is CCC(=O)N1CCc2cc(-c3nc(NC(=O)/C=C/c4ccccc4)sc3C)ccc21. The smallest absolute Gasteiger partial charge is 0.250 e. The van der Waals surface area contributed by atoms with E-state index in [4.69, 9.17) is 0 Å². The molecule has 2 heterocycles. The summed E-state index contributed by atoms with van der Waals surface area (Å²) >= 11 is 1.46. The Hall–Kier alpha value is -3.25. The lowest BCUT2D eigenvalue weighted by Gasteiger charge is -2.16. The Kier molecular flexibility index (Phi) is 5.77. The predicted molar refractivity (Wildman–Crippen MR) is 123 cm³/mol. The van der Waals surface area contributed by atoms with Gasteiger partial charge in [0.05, 0.1) is 5.69 Å². The number of carbonyl (C=O) groups is 2. The van der Waals surface area contributed by atoms with Crippen molar-refractivity contribution in [2.45, 2.75) is 26.7 Å². The molecule has 30 heavy (non-hydrogen) atoms. The average Bonchev–Trinajstić information content (AvgIpc) is 3.35. The Labute approximate surface area is 180 Å². The molecule has 0 fully saturated rings. The number of aromatic nitrogens is 1. The van der Waals surface area contributed by atoms with Crippen LogP contribution in [0.1, 0.15) is 29.3 Å². The maximum Gasteiger partial charge on any atom is 0.250 e. The molecule has 0 spiro atoms. The van der Waals surface area contributed by atoms with Crippen LogP contribution in [0.2, 0.25) is 0 Å². The minimum absolute atomic E-state index is 0.153. The van der Waals surface area contributed by atoms with Crippen molar-refractivity contribution >= 4 is 40.0 Å². The molecule has 0 saturated heterocycles. The Morgan fingerprint density at radius 2 is 2.00 bits per heavy atom. The summed E-state index contributed by atoms with van der Waals surface area (Å²) in [5.74, 6) is -0.0540. The largest absolute Gasteiger partial charge is 0.312 e. The van der Waals surface area contributed by atoms with Gasteiger partial charge in [0.2, 0.25) is 11.8 Å². The lowest BCUT2D eigenvalue weighted by molar-refractivity contribution is -0.118. The van der Waals surface area contributed by atoms with Crippen LogP contribution < -0.4 is 10.2 Å². The molecule has 0 unspecified atom stereocenters. The molecule has 0 radical (unpaired) electrons. The summed E-state index contributed by atoms with van der Waals surface area (Å²) in [6.07, 6.45) is 4.65. The van der Waals surface area contributed by atoms with Crippen molar-refractivity contribution in [1.29, 1.82) is 0 Å². The van der Waals surface area contributed by atoms with Gasteiger partial charge in [-0.2, -0.15) is 0 Å². The fourth-order valence-corrected chi connectivity index (χ4v) is 4.44. The van der Waals surface area contributed by atoms with Crippen molar-refractivity contribution < 1.29 is 9.59 Å². The van der Waals surface area contributed by atoms with E-state index in [2.05, 4.69) is 16.4 Å². The first kappa shape index (κ1) is 20.0. The number of aryl methyl sites for hydroxylation is 1. The van der Waals surface area contributed by atoms with E-state index in [0.717, 1.165) is 45.9 Å². The molecule has 4 rings (SSSR count). The molecule has 152 valence electrons. The normalized spacial score (nSPS) is 12.9. The summed E-state index contributed by atoms with van der Waals surface area (Å²) in [6, 6.07) is 15.8. The number of benzene rings is 2. The third-order valence-electron chi connectivity index (χ3n) is 5.11. The monoisotopic (exact) mass is 417 g/mol. The Morgan fingerprint density at radius 3 is 2.77 bits per heavy atom. The second kappa shape index (κ2) is 8.63. The first-order valence-electron chi connectivity index (χ1n) is 10.0. The van der Waals surface area contributed by atoms with Crippen molar-refractivity contribution in [3.8, 4) is 11.3 Å². The number of amides is 2. The lowest BCUT2D eigenvalue weighted by Crippen LogP contribution is -2.27. The van der Waals surface area contributed by atoms with Crippen LogP contribution in [0.25, 0.3) is 17.3 Å². The highest BCUT2D eigenvalue weighted by atomic mass is 32.1. The van der Waals surface area contributed by atoms with Gasteiger partial charge in [-0.05, 0) is 42.7 Å². The number of rotatable bonds is 5. The number of anilines is 2. The maximum atomic E-state index is 12.3. The van der Waals surface area contributed by atoms with Crippen LogP contribution >= 0.6 is 11.3 Å². The first-order valence-corrected chi connectivity index (χ1v) is 10.8. The molecular formula is C24H23N3O2S. The molecule has 0 bridgehead atoms. The van der Waals surface area contributed by atoms with E-state index in [1.165, 1.54) is 17.4 Å². The van der Waals surface area contributed by atoms with Crippen molar-refractivity contribution in [1.82, 2.24) is 4.98 Å². The van der Waals surface area contributed by atoms with Gasteiger partial charge in [0.25, 0.3) is 0 Å². The summed E-state index contributed by atoms with van der Waals surface area (Å²) < 4.78 is 0. The molecule has 0 saturated carbocycles. The highest BCUT2D eigenvalue weighted by Gasteiger charge is 2.24. The van der Waals surface area contributed by atoms with Crippen molar-refractivity contribution in [2.24, 2.45) is 0 Å². The van der Waals surface area contributed by atoms with Crippen LogP contribution in [0.5, 0.6) is 0 Å². The van der Waals surface area contributed by atoms with Crippen molar-refractivity contribution in [3.63, 3.8) is 0 Å². The van der Waals surface area contributed by atoms with Crippen LogP contribution in [-0.2, 0) is 16.0 Å². The second-order valence-corrected chi connectivity index (χ2v) is 8.35. The highest BCUT2D eigenvalue weighted by molar-refractivity contribution is 7.16. The zero-order valence-electron chi connectivity index (χ0n) is 17.0. The summed E-state index contributed by atoms with van der Waals surface area (Å²) in [7, 11) is 0. The maximum absolute atomic E-state index is 12.3. The molecule has 0 atom stereocenters. The molecule has 2 aromatic carbocycles. The van der Waals surface area contributed by atoms with Crippen molar-refractivity contribution in [2.75, 3.05) is 16.8 Å². The molecule has 2 amide bonds. The number of carbonyl (C=O) groups excluding carboxylic acids is 2. The number of nitrogens with one attached hydrogen (secondary N) is 1. The van der Waals surface area contributed by atoms with Gasteiger partial charge in [-0.1, -0.05) is 43.3 Å². The number of nitrogens with zero attached hydrogens (tertiary/aromatic N) is 2. The second-order valence-electron chi connectivity index (χ2n) is 7.15. The highest BCUT2D eigenvalue weighted by Crippen LogP contribution is 2.35. The quantitative estimate of drug-likeness (QED) is 0.590. The zero-order valence-corrected chi connectivity index (χ0v) is 17.8. The van der Waals surface area contributed by atoms with Gasteiger partial charge in [-0.3, -0.25) is 14.9 Å². The predicted octanol–water partition coefficient (Wildman–Crippen LogP) is 5.07. The summed E-state index contributed by atoms with van der Waals surface area (Å²) in [5.41, 5.74) is 5.01. The molecule has 3 aromatic rings. The number of fused-ring (bicyclic) bond motifs is 1. The summed E-state index contributed by atoms with van der Waals surface area (Å²) in [5, 5.41) is 3.43. The van der Waals surface area contributed by atoms with Gasteiger partial charge in [-0.25, -0.2) is 4.98 Å². The number of hydrogen-bond acceptors (Lipinski definition) is 4. The van der Waals surface area contributed by atoms with E-state index in [1.54, 1.807) is 6.08 Å². The fraction of sp³-hybridized carbons (Fsp3) is 0.208. The molecule has 1 aliphatic rings. The van der Waals surface area contributed by atoms with Gasteiger partial charge in [0.1, 0.15) is 0 Å². The van der Waals surface area contributed by atoms with Crippen LogP contribution in [-0.4, -0.2) is 23.3 Å². The van der Waals surface area contributed by atoms with Gasteiger partial charge in [0.15, 0.2) is 5.13 Å². The third-order valence-corrected chi connectivity index (χ3v) is 5.99. The minimum atomic E-state index is -0.207. The molecule has 1 aliphatic heterocycles. The Bertz CT molecular complexity index is 1120. The first-order chi connectivity index (χ1) is 14.5. The molecule has 0 aliphatic carbocycles. The van der Waals surface area contributed by atoms with E-state index < -0.39 is 0 Å². The minimum Gasteiger partial charge on any atom is -0.312 e. The van der Waals surface area contributed by atoms with Gasteiger partial charge in [0, 0.05) is 35.2 Å². The third kappa shape index (κ3) is 4.19. The van der Waals surface area contributed by atoms with E-state index >= 15 is 0 Å². The fourth-order valence-electron chi connectivity index (χ4n) is 3.60. The number of hydrogen-bond donors (Lipinski definition) is 1. The average molecular weight is 418 g/mol. The van der Waals surface area contributed by atoms with E-state index in [9.17, 15) is 9.59 Å². The summed E-state index contributed by atoms with van der Waals surface area (Å²) in [4.78, 5) is 31.9. The standard InChI is InChI=1S/C24H23N3O2S/c1-3-22(29)27-14-13-18-15-19(10-11-20(18)27)23-16(2)30-24(26-23)25-21(28)12-9-17-7-5-4-6-8-17/h4-12,15H,3,13-14H2,1-2H3,(H,25,26,28)/b12-9+. The Balaban J connectivity index is 1.50. The van der Waals surface area contributed by atoms with Gasteiger partial charge >= 0.3 is 0 Å². The summed E-state index contributed by atoms with van der Waals surface area (Å²) in [6.45, 7) is 4.62. The van der Waals surface area contributed by atoms with E-state index in [-0.39, 0.29) is 11.8 Å². The molecular weight excluding hydrogens is 394 g/mol. The Morgan fingerprint density at radius 1 is 1.20 bits per heavy atom. The molecule has 6 heteroatoms. The topological polar surface area (TPSA) is 62.3 Å². The van der Waals surface area contributed by atoms with Gasteiger partial charge < -0.3 is 4.90 Å². The van der Waals surface area contributed by atoms with Crippen LogP contribution in [0.3, 0.4) is 0 Å². The molecule has 1 aromatic heterocycles. The lowest BCUT2D eigenvalue weighted by atomic mass is 10.1. The van der Waals surface area contributed by atoms with Crippen LogP contribution in [0.15, 0.2) is 54.6 Å². The van der Waals surface area contributed by atoms with Crippen LogP contribution in [0.4, 0.5) is 10.8 Å². The van der Waals surface area contributed by atoms with Crippen molar-refractivity contribution in [3.05, 3.63) is 70.6 Å². The van der Waals surface area contributed by atoms with Gasteiger partial charge in [-0.15, -0.1) is 11.3 Å². The number of thiazole rings is 1. The van der Waals surface area contributed by atoms with Crippen LogP contribution in [0, 0.1) is 6.92 Å². The van der Waals surface area contributed by atoms with E-state index in [0.29, 0.717) is 11.6 Å². The molecule has 5 nitrogen and oxygen atoms in total. The molecule has 1 N–H and O–H groups in total. The zero-order chi connectivity index (χ0) is 21.1. The van der Waals surface area contributed by atoms with E-state index in [1.807, 2.05) is 61.2 Å².